The maximum atomic E-state index is 5.66. The highest BCUT2D eigenvalue weighted by Crippen LogP contribution is 2.16. The zero-order valence-electron chi connectivity index (χ0n) is 14.3. The molecule has 0 spiro atoms. The number of benzene rings is 1. The molecule has 7 heteroatoms. The second-order valence-electron chi connectivity index (χ2n) is 5.09. The van der Waals surface area contributed by atoms with E-state index in [1.54, 1.807) is 14.2 Å². The van der Waals surface area contributed by atoms with Crippen LogP contribution in [0.5, 0.6) is 11.5 Å². The highest BCUT2D eigenvalue weighted by atomic mass is 16.5. The van der Waals surface area contributed by atoms with Crippen molar-refractivity contribution in [1.29, 1.82) is 0 Å². The van der Waals surface area contributed by atoms with Gasteiger partial charge in [0.2, 0.25) is 5.95 Å². The third kappa shape index (κ3) is 5.92. The molecule has 0 unspecified atom stereocenters. The number of aryl methyl sites for hydroxylation is 1. The van der Waals surface area contributed by atoms with Crippen molar-refractivity contribution < 1.29 is 14.2 Å². The lowest BCUT2D eigenvalue weighted by molar-refractivity contribution is 0.210. The fraction of sp³-hybridized carbons (Fsp3) is 0.412. The first kappa shape index (κ1) is 17.8. The van der Waals surface area contributed by atoms with Gasteiger partial charge in [-0.3, -0.25) is 0 Å². The van der Waals surface area contributed by atoms with Crippen LogP contribution in [0.4, 0.5) is 11.8 Å². The molecule has 2 aromatic rings. The standard InChI is InChI=1S/C17H24N4O3/c1-13-12-16(18-8-10-22-2)21-17(20-13)19-9-11-24-15-6-4-14(23-3)5-7-15/h4-7,12H,8-11H2,1-3H3,(H2,18,19,20,21). The fourth-order valence-electron chi connectivity index (χ4n) is 2.02. The first-order valence-corrected chi connectivity index (χ1v) is 7.80. The number of ether oxygens (including phenoxy) is 3. The van der Waals surface area contributed by atoms with E-state index in [-0.39, 0.29) is 0 Å². The van der Waals surface area contributed by atoms with Gasteiger partial charge in [0.1, 0.15) is 23.9 Å². The smallest absolute Gasteiger partial charge is 0.224 e. The van der Waals surface area contributed by atoms with Crippen molar-refractivity contribution in [2.45, 2.75) is 6.92 Å². The number of aromatic nitrogens is 2. The number of nitrogens with zero attached hydrogens (tertiary/aromatic N) is 2. The van der Waals surface area contributed by atoms with Gasteiger partial charge in [-0.2, -0.15) is 4.98 Å². The van der Waals surface area contributed by atoms with Crippen molar-refractivity contribution in [3.05, 3.63) is 36.0 Å². The van der Waals surface area contributed by atoms with Gasteiger partial charge in [-0.1, -0.05) is 0 Å². The summed E-state index contributed by atoms with van der Waals surface area (Å²) in [5.41, 5.74) is 0.892. The summed E-state index contributed by atoms with van der Waals surface area (Å²) in [4.78, 5) is 8.78. The summed E-state index contributed by atoms with van der Waals surface area (Å²) >= 11 is 0. The lowest BCUT2D eigenvalue weighted by Gasteiger charge is -2.10. The summed E-state index contributed by atoms with van der Waals surface area (Å²) in [7, 11) is 3.31. The minimum Gasteiger partial charge on any atom is -0.497 e. The summed E-state index contributed by atoms with van der Waals surface area (Å²) in [5, 5.41) is 6.36. The lowest BCUT2D eigenvalue weighted by Crippen LogP contribution is -2.15. The molecule has 1 heterocycles. The van der Waals surface area contributed by atoms with E-state index in [1.807, 2.05) is 37.3 Å². The Bertz CT molecular complexity index is 620. The molecule has 130 valence electrons. The van der Waals surface area contributed by atoms with Gasteiger partial charge in [-0.25, -0.2) is 4.98 Å². The molecule has 0 aliphatic carbocycles. The molecule has 2 N–H and O–H groups in total. The van der Waals surface area contributed by atoms with E-state index in [0.717, 1.165) is 23.0 Å². The van der Waals surface area contributed by atoms with E-state index in [4.69, 9.17) is 14.2 Å². The molecule has 0 amide bonds. The predicted molar refractivity (Wildman–Crippen MR) is 94.1 cm³/mol. The normalized spacial score (nSPS) is 10.3. The van der Waals surface area contributed by atoms with Crippen LogP contribution in [0, 0.1) is 6.92 Å². The van der Waals surface area contributed by atoms with Crippen LogP contribution >= 0.6 is 0 Å². The quantitative estimate of drug-likeness (QED) is 0.647. The molecule has 0 aliphatic heterocycles. The predicted octanol–water partition coefficient (Wildman–Crippen LogP) is 2.34. The van der Waals surface area contributed by atoms with Crippen LogP contribution in [0.25, 0.3) is 0 Å². The van der Waals surface area contributed by atoms with Gasteiger partial charge >= 0.3 is 0 Å². The Morgan fingerprint density at radius 1 is 0.917 bits per heavy atom. The minimum absolute atomic E-state index is 0.510. The first-order chi connectivity index (χ1) is 11.7. The molecule has 2 rings (SSSR count). The molecule has 0 radical (unpaired) electrons. The summed E-state index contributed by atoms with van der Waals surface area (Å²) in [6, 6.07) is 9.38. The Kier molecular flexibility index (Phi) is 7.10. The van der Waals surface area contributed by atoms with Crippen molar-refractivity contribution in [1.82, 2.24) is 9.97 Å². The summed E-state index contributed by atoms with van der Waals surface area (Å²) in [6.45, 7) is 4.37. The van der Waals surface area contributed by atoms with Crippen LogP contribution in [0.3, 0.4) is 0 Å². The second kappa shape index (κ2) is 9.57. The zero-order valence-corrected chi connectivity index (χ0v) is 14.3. The fourth-order valence-corrected chi connectivity index (χ4v) is 2.02. The molecule has 0 saturated heterocycles. The largest absolute Gasteiger partial charge is 0.497 e. The topological polar surface area (TPSA) is 77.5 Å². The van der Waals surface area contributed by atoms with E-state index in [2.05, 4.69) is 20.6 Å². The maximum absolute atomic E-state index is 5.66. The highest BCUT2D eigenvalue weighted by molar-refractivity contribution is 5.42. The number of methoxy groups -OCH3 is 2. The molecular formula is C17H24N4O3. The second-order valence-corrected chi connectivity index (χ2v) is 5.09. The van der Waals surface area contributed by atoms with E-state index in [9.17, 15) is 0 Å². The molecule has 7 nitrogen and oxygen atoms in total. The SMILES string of the molecule is COCCNc1cc(C)nc(NCCOc2ccc(OC)cc2)n1. The van der Waals surface area contributed by atoms with Crippen LogP contribution in [-0.2, 0) is 4.74 Å². The maximum Gasteiger partial charge on any atom is 0.224 e. The third-order valence-electron chi connectivity index (χ3n) is 3.18. The van der Waals surface area contributed by atoms with Crippen LogP contribution in [0.1, 0.15) is 5.69 Å². The average Bonchev–Trinajstić information content (AvgIpc) is 2.59. The summed E-state index contributed by atoms with van der Waals surface area (Å²) in [5.74, 6) is 2.96. The number of nitrogens with one attached hydrogen (secondary N) is 2. The number of anilines is 2. The Morgan fingerprint density at radius 3 is 2.33 bits per heavy atom. The number of hydrogen-bond donors (Lipinski definition) is 2. The molecule has 0 fully saturated rings. The van der Waals surface area contributed by atoms with Gasteiger partial charge in [0.25, 0.3) is 0 Å². The van der Waals surface area contributed by atoms with E-state index in [0.29, 0.717) is 32.3 Å². The lowest BCUT2D eigenvalue weighted by atomic mass is 10.3. The molecule has 0 bridgehead atoms. The molecule has 0 aliphatic rings. The highest BCUT2D eigenvalue weighted by Gasteiger charge is 2.02. The Labute approximate surface area is 142 Å². The monoisotopic (exact) mass is 332 g/mol. The van der Waals surface area contributed by atoms with Crippen molar-refractivity contribution in [2.75, 3.05) is 51.2 Å². The number of rotatable bonds is 10. The van der Waals surface area contributed by atoms with Gasteiger partial charge in [-0.05, 0) is 31.2 Å². The van der Waals surface area contributed by atoms with Crippen LogP contribution < -0.4 is 20.1 Å². The van der Waals surface area contributed by atoms with Crippen molar-refractivity contribution in [2.24, 2.45) is 0 Å². The summed E-state index contributed by atoms with van der Waals surface area (Å²) < 4.78 is 15.8. The summed E-state index contributed by atoms with van der Waals surface area (Å²) in [6.07, 6.45) is 0. The van der Waals surface area contributed by atoms with Crippen molar-refractivity contribution in [3.8, 4) is 11.5 Å². The molecule has 1 aromatic heterocycles. The molecule has 1 aromatic carbocycles. The van der Waals surface area contributed by atoms with Crippen LogP contribution in [-0.4, -0.2) is 50.5 Å². The first-order valence-electron chi connectivity index (χ1n) is 7.80. The van der Waals surface area contributed by atoms with Crippen molar-refractivity contribution in [3.63, 3.8) is 0 Å². The van der Waals surface area contributed by atoms with Crippen LogP contribution in [0.2, 0.25) is 0 Å². The molecule has 24 heavy (non-hydrogen) atoms. The Hall–Kier alpha value is -2.54. The Balaban J connectivity index is 1.78. The minimum atomic E-state index is 0.510. The van der Waals surface area contributed by atoms with Crippen LogP contribution in [0.15, 0.2) is 30.3 Å². The third-order valence-corrected chi connectivity index (χ3v) is 3.18. The van der Waals surface area contributed by atoms with Gasteiger partial charge in [0, 0.05) is 25.4 Å². The van der Waals surface area contributed by atoms with Gasteiger partial charge in [-0.15, -0.1) is 0 Å². The molecule has 0 saturated carbocycles. The van der Waals surface area contributed by atoms with Gasteiger partial charge < -0.3 is 24.8 Å². The molecular weight excluding hydrogens is 308 g/mol. The van der Waals surface area contributed by atoms with E-state index < -0.39 is 0 Å². The Morgan fingerprint density at radius 2 is 1.62 bits per heavy atom. The van der Waals surface area contributed by atoms with E-state index in [1.165, 1.54) is 0 Å². The number of hydrogen-bond acceptors (Lipinski definition) is 7. The van der Waals surface area contributed by atoms with Gasteiger partial charge in [0.05, 0.1) is 20.3 Å². The van der Waals surface area contributed by atoms with Crippen molar-refractivity contribution >= 4 is 11.8 Å². The van der Waals surface area contributed by atoms with E-state index >= 15 is 0 Å². The van der Waals surface area contributed by atoms with Gasteiger partial charge in [0.15, 0.2) is 0 Å². The zero-order chi connectivity index (χ0) is 17.2. The molecule has 0 atom stereocenters. The average molecular weight is 332 g/mol.